The fourth-order valence-corrected chi connectivity index (χ4v) is 5.96. The van der Waals surface area contributed by atoms with Gasteiger partial charge in [0.1, 0.15) is 10.6 Å². The molecule has 0 spiro atoms. The number of ether oxygens (including phenoxy) is 1. The van der Waals surface area contributed by atoms with E-state index in [1.165, 1.54) is 0 Å². The summed E-state index contributed by atoms with van der Waals surface area (Å²) in [5, 5.41) is 3.92. The number of anilines is 1. The van der Waals surface area contributed by atoms with Crippen molar-refractivity contribution in [1.29, 1.82) is 0 Å². The Morgan fingerprint density at radius 3 is 2.49 bits per heavy atom. The summed E-state index contributed by atoms with van der Waals surface area (Å²) in [5.74, 6) is -0.170. The minimum atomic E-state index is -0.494. The van der Waals surface area contributed by atoms with Gasteiger partial charge in [-0.1, -0.05) is 46.3 Å². The van der Waals surface area contributed by atoms with Crippen molar-refractivity contribution in [2.75, 3.05) is 31.5 Å². The molecule has 1 fully saturated rings. The SMILES string of the molecule is CC(C)(C)OC(=O)N1CCN(Cc2cccc3sc(-c4ccccc4NC(=O)c4cccc(Br)c4)nc23)CC1. The first-order valence-electron chi connectivity index (χ1n) is 12.9. The molecule has 202 valence electrons. The Labute approximate surface area is 240 Å². The van der Waals surface area contributed by atoms with Crippen molar-refractivity contribution in [1.82, 2.24) is 14.8 Å². The maximum absolute atomic E-state index is 12.9. The van der Waals surface area contributed by atoms with E-state index in [9.17, 15) is 9.59 Å². The van der Waals surface area contributed by atoms with Gasteiger partial charge in [-0.05, 0) is 62.7 Å². The van der Waals surface area contributed by atoms with E-state index in [0.29, 0.717) is 18.7 Å². The molecule has 9 heteroatoms. The summed E-state index contributed by atoms with van der Waals surface area (Å²) in [6.07, 6.45) is -0.251. The predicted molar refractivity (Wildman–Crippen MR) is 160 cm³/mol. The second-order valence-corrected chi connectivity index (χ2v) is 12.5. The van der Waals surface area contributed by atoms with E-state index in [1.807, 2.05) is 57.2 Å². The molecule has 3 aromatic carbocycles. The van der Waals surface area contributed by atoms with Crippen molar-refractivity contribution in [3.8, 4) is 10.6 Å². The number of carbonyl (C=O) groups is 2. The number of nitrogens with zero attached hydrogens (tertiary/aromatic N) is 3. The van der Waals surface area contributed by atoms with Gasteiger partial charge in [0.15, 0.2) is 0 Å². The first-order valence-corrected chi connectivity index (χ1v) is 14.5. The zero-order valence-electron chi connectivity index (χ0n) is 22.2. The van der Waals surface area contributed by atoms with E-state index >= 15 is 0 Å². The molecular weight excluding hydrogens is 576 g/mol. The number of thiazole rings is 1. The van der Waals surface area contributed by atoms with Crippen LogP contribution < -0.4 is 5.32 Å². The smallest absolute Gasteiger partial charge is 0.410 e. The highest BCUT2D eigenvalue weighted by Crippen LogP contribution is 2.36. The molecule has 1 N–H and O–H groups in total. The molecule has 1 aromatic heterocycles. The highest BCUT2D eigenvalue weighted by molar-refractivity contribution is 9.10. The fourth-order valence-electron chi connectivity index (χ4n) is 4.51. The summed E-state index contributed by atoms with van der Waals surface area (Å²) in [4.78, 5) is 34.5. The van der Waals surface area contributed by atoms with Crippen LogP contribution in [0.4, 0.5) is 10.5 Å². The van der Waals surface area contributed by atoms with Crippen LogP contribution in [0, 0.1) is 0 Å². The molecular formula is C30H31BrN4O3S. The average Bonchev–Trinajstić information content (AvgIpc) is 3.34. The Hall–Kier alpha value is -3.27. The number of amides is 2. The Kier molecular flexibility index (Phi) is 8.02. The van der Waals surface area contributed by atoms with E-state index in [1.54, 1.807) is 28.4 Å². The summed E-state index contributed by atoms with van der Waals surface area (Å²) in [7, 11) is 0. The number of hydrogen-bond donors (Lipinski definition) is 1. The molecule has 39 heavy (non-hydrogen) atoms. The highest BCUT2D eigenvalue weighted by atomic mass is 79.9. The number of rotatable bonds is 5. The Morgan fingerprint density at radius 1 is 1.00 bits per heavy atom. The van der Waals surface area contributed by atoms with Crippen molar-refractivity contribution in [2.24, 2.45) is 0 Å². The quantitative estimate of drug-likeness (QED) is 0.264. The van der Waals surface area contributed by atoms with Crippen LogP contribution in [0.3, 0.4) is 0 Å². The third-order valence-corrected chi connectivity index (χ3v) is 7.96. The van der Waals surface area contributed by atoms with Crippen molar-refractivity contribution in [3.63, 3.8) is 0 Å². The van der Waals surface area contributed by atoms with Crippen molar-refractivity contribution >= 4 is 55.2 Å². The van der Waals surface area contributed by atoms with Crippen LogP contribution in [-0.4, -0.2) is 58.6 Å². The minimum absolute atomic E-state index is 0.170. The van der Waals surface area contributed by atoms with Gasteiger partial charge in [-0.3, -0.25) is 9.69 Å². The van der Waals surface area contributed by atoms with Gasteiger partial charge in [0.2, 0.25) is 0 Å². The summed E-state index contributed by atoms with van der Waals surface area (Å²) < 4.78 is 7.48. The molecule has 7 nitrogen and oxygen atoms in total. The monoisotopic (exact) mass is 606 g/mol. The van der Waals surface area contributed by atoms with Gasteiger partial charge in [-0.2, -0.15) is 0 Å². The topological polar surface area (TPSA) is 74.8 Å². The highest BCUT2D eigenvalue weighted by Gasteiger charge is 2.26. The molecule has 0 saturated carbocycles. The van der Waals surface area contributed by atoms with Crippen LogP contribution in [-0.2, 0) is 11.3 Å². The number of piperazine rings is 1. The van der Waals surface area contributed by atoms with Crippen LogP contribution in [0.1, 0.15) is 36.7 Å². The molecule has 0 aliphatic carbocycles. The Bertz CT molecular complexity index is 1510. The number of benzene rings is 3. The van der Waals surface area contributed by atoms with Crippen LogP contribution in [0.25, 0.3) is 20.8 Å². The van der Waals surface area contributed by atoms with E-state index in [0.717, 1.165) is 56.1 Å². The molecule has 2 heterocycles. The summed E-state index contributed by atoms with van der Waals surface area (Å²) in [5.41, 5.74) is 3.82. The lowest BCUT2D eigenvalue weighted by Gasteiger charge is -2.35. The lowest BCUT2D eigenvalue weighted by molar-refractivity contribution is 0.0139. The van der Waals surface area contributed by atoms with Crippen LogP contribution >= 0.6 is 27.3 Å². The molecule has 4 aromatic rings. The van der Waals surface area contributed by atoms with Gasteiger partial charge in [0.05, 0.1) is 15.9 Å². The summed E-state index contributed by atoms with van der Waals surface area (Å²) in [6.45, 7) is 9.24. The number of para-hydroxylation sites is 2. The standard InChI is InChI=1S/C30H31BrN4O3S/c1-30(2,3)38-29(37)35-16-14-34(15-17-35)19-21-9-7-13-25-26(21)33-28(39-25)23-11-4-5-12-24(23)32-27(36)20-8-6-10-22(31)18-20/h4-13,18H,14-17,19H2,1-3H3,(H,32,36). The first-order chi connectivity index (χ1) is 18.7. The third kappa shape index (κ3) is 6.66. The molecule has 1 aliphatic heterocycles. The van der Waals surface area contributed by atoms with Crippen molar-refractivity contribution in [3.05, 3.63) is 82.3 Å². The number of aromatic nitrogens is 1. The molecule has 0 bridgehead atoms. The first kappa shape index (κ1) is 27.3. The molecule has 0 radical (unpaired) electrons. The minimum Gasteiger partial charge on any atom is -0.444 e. The zero-order valence-corrected chi connectivity index (χ0v) is 24.6. The van der Waals surface area contributed by atoms with E-state index in [2.05, 4.69) is 44.3 Å². The molecule has 1 saturated heterocycles. The lowest BCUT2D eigenvalue weighted by atomic mass is 10.1. The van der Waals surface area contributed by atoms with Crippen molar-refractivity contribution < 1.29 is 14.3 Å². The molecule has 2 amide bonds. The Balaban J connectivity index is 1.32. The number of hydrogen-bond acceptors (Lipinski definition) is 6. The molecule has 5 rings (SSSR count). The molecule has 0 unspecified atom stereocenters. The zero-order chi connectivity index (χ0) is 27.6. The number of halogens is 1. The van der Waals surface area contributed by atoms with Crippen molar-refractivity contribution in [2.45, 2.75) is 32.9 Å². The molecule has 1 aliphatic rings. The van der Waals surface area contributed by atoms with Gasteiger partial charge in [-0.15, -0.1) is 11.3 Å². The van der Waals surface area contributed by atoms with E-state index < -0.39 is 5.60 Å². The number of carbonyl (C=O) groups excluding carboxylic acids is 2. The van der Waals surface area contributed by atoms with E-state index in [4.69, 9.17) is 9.72 Å². The average molecular weight is 608 g/mol. The maximum atomic E-state index is 12.9. The molecule has 0 atom stereocenters. The van der Waals surface area contributed by atoms with Gasteiger partial charge in [0.25, 0.3) is 5.91 Å². The second kappa shape index (κ2) is 11.5. The van der Waals surface area contributed by atoms with Gasteiger partial charge in [-0.25, -0.2) is 9.78 Å². The number of fused-ring (bicyclic) bond motifs is 1. The van der Waals surface area contributed by atoms with Gasteiger partial charge in [0, 0.05) is 48.3 Å². The summed E-state index contributed by atoms with van der Waals surface area (Å²) >= 11 is 5.05. The van der Waals surface area contributed by atoms with Gasteiger partial charge < -0.3 is 15.0 Å². The normalized spacial score (nSPS) is 14.4. The van der Waals surface area contributed by atoms with Gasteiger partial charge >= 0.3 is 6.09 Å². The summed E-state index contributed by atoms with van der Waals surface area (Å²) in [6, 6.07) is 21.4. The lowest BCUT2D eigenvalue weighted by Crippen LogP contribution is -2.49. The Morgan fingerprint density at radius 2 is 1.74 bits per heavy atom. The van der Waals surface area contributed by atoms with E-state index in [-0.39, 0.29) is 12.0 Å². The number of nitrogens with one attached hydrogen (secondary N) is 1. The largest absolute Gasteiger partial charge is 0.444 e. The fraction of sp³-hybridized carbons (Fsp3) is 0.300. The van der Waals surface area contributed by atoms with Crippen LogP contribution in [0.5, 0.6) is 0 Å². The van der Waals surface area contributed by atoms with Crippen LogP contribution in [0.2, 0.25) is 0 Å². The predicted octanol–water partition coefficient (Wildman–Crippen LogP) is 7.03. The maximum Gasteiger partial charge on any atom is 0.410 e. The third-order valence-electron chi connectivity index (χ3n) is 6.41. The second-order valence-electron chi connectivity index (χ2n) is 10.5. The van der Waals surface area contributed by atoms with Crippen LogP contribution in [0.15, 0.2) is 71.2 Å².